The average molecular weight is 228 g/mol. The Morgan fingerprint density at radius 2 is 2.18 bits per heavy atom. The molecule has 1 aromatic rings. The number of likely N-dealkylation sites (N-methyl/N-ethyl adjacent to an activating group) is 1. The summed E-state index contributed by atoms with van der Waals surface area (Å²) in [5.41, 5.74) is 1.00. The summed E-state index contributed by atoms with van der Waals surface area (Å²) in [5.74, 6) is 6.26. The number of benzene rings is 1. The van der Waals surface area contributed by atoms with Crippen molar-refractivity contribution in [3.05, 3.63) is 35.9 Å². The van der Waals surface area contributed by atoms with E-state index in [0.717, 1.165) is 18.5 Å². The third-order valence-electron chi connectivity index (χ3n) is 2.87. The first kappa shape index (κ1) is 11.7. The molecule has 0 radical (unpaired) electrons. The van der Waals surface area contributed by atoms with Gasteiger partial charge < -0.3 is 4.90 Å². The molecule has 1 fully saturated rings. The van der Waals surface area contributed by atoms with Gasteiger partial charge in [0.1, 0.15) is 0 Å². The van der Waals surface area contributed by atoms with Crippen LogP contribution in [-0.2, 0) is 4.79 Å². The first-order chi connectivity index (χ1) is 8.27. The minimum absolute atomic E-state index is 0.0509. The zero-order valence-electron chi connectivity index (χ0n) is 9.94. The SMILES string of the molecule is CN1CCC(NCC#Cc2ccccc2)C1=O. The number of nitrogens with zero attached hydrogens (tertiary/aromatic N) is 1. The van der Waals surface area contributed by atoms with Gasteiger partial charge in [0.2, 0.25) is 5.91 Å². The highest BCUT2D eigenvalue weighted by atomic mass is 16.2. The van der Waals surface area contributed by atoms with E-state index in [1.54, 1.807) is 4.90 Å². The van der Waals surface area contributed by atoms with Crippen molar-refractivity contribution in [3.8, 4) is 11.8 Å². The van der Waals surface area contributed by atoms with Crippen molar-refractivity contribution in [2.45, 2.75) is 12.5 Å². The van der Waals surface area contributed by atoms with Gasteiger partial charge in [0.15, 0.2) is 0 Å². The highest BCUT2D eigenvalue weighted by Gasteiger charge is 2.27. The van der Waals surface area contributed by atoms with Crippen LogP contribution in [0.1, 0.15) is 12.0 Å². The largest absolute Gasteiger partial charge is 0.344 e. The van der Waals surface area contributed by atoms with Gasteiger partial charge in [0, 0.05) is 19.2 Å². The Labute approximate surface area is 102 Å². The molecule has 0 spiro atoms. The van der Waals surface area contributed by atoms with E-state index >= 15 is 0 Å². The Hall–Kier alpha value is -1.79. The van der Waals surface area contributed by atoms with E-state index in [2.05, 4.69) is 17.2 Å². The van der Waals surface area contributed by atoms with Crippen molar-refractivity contribution in [1.82, 2.24) is 10.2 Å². The summed E-state index contributed by atoms with van der Waals surface area (Å²) in [7, 11) is 1.83. The van der Waals surface area contributed by atoms with Gasteiger partial charge in [-0.15, -0.1) is 0 Å². The third-order valence-corrected chi connectivity index (χ3v) is 2.87. The van der Waals surface area contributed by atoms with Crippen molar-refractivity contribution in [2.24, 2.45) is 0 Å². The second-order valence-electron chi connectivity index (χ2n) is 4.15. The van der Waals surface area contributed by atoms with Crippen LogP contribution in [0.5, 0.6) is 0 Å². The maximum Gasteiger partial charge on any atom is 0.239 e. The summed E-state index contributed by atoms with van der Waals surface area (Å²) >= 11 is 0. The second-order valence-corrected chi connectivity index (χ2v) is 4.15. The summed E-state index contributed by atoms with van der Waals surface area (Å²) in [6.45, 7) is 1.39. The van der Waals surface area contributed by atoms with Gasteiger partial charge >= 0.3 is 0 Å². The highest BCUT2D eigenvalue weighted by Crippen LogP contribution is 2.07. The lowest BCUT2D eigenvalue weighted by atomic mass is 10.2. The van der Waals surface area contributed by atoms with E-state index in [0.29, 0.717) is 6.54 Å². The lowest BCUT2D eigenvalue weighted by molar-refractivity contribution is -0.128. The number of rotatable bonds is 2. The van der Waals surface area contributed by atoms with Gasteiger partial charge in [-0.3, -0.25) is 10.1 Å². The zero-order chi connectivity index (χ0) is 12.1. The van der Waals surface area contributed by atoms with Crippen LogP contribution in [0.15, 0.2) is 30.3 Å². The number of amides is 1. The predicted molar refractivity (Wildman–Crippen MR) is 67.4 cm³/mol. The molecule has 1 atom stereocenters. The van der Waals surface area contributed by atoms with E-state index in [4.69, 9.17) is 0 Å². The molecule has 1 heterocycles. The van der Waals surface area contributed by atoms with Crippen LogP contribution < -0.4 is 5.32 Å². The molecule has 1 unspecified atom stereocenters. The first-order valence-electron chi connectivity index (χ1n) is 5.79. The second kappa shape index (κ2) is 5.51. The van der Waals surface area contributed by atoms with Crippen LogP contribution in [0, 0.1) is 11.8 Å². The van der Waals surface area contributed by atoms with Crippen molar-refractivity contribution in [3.63, 3.8) is 0 Å². The van der Waals surface area contributed by atoms with Gasteiger partial charge in [0.25, 0.3) is 0 Å². The summed E-state index contributed by atoms with van der Waals surface area (Å²) in [6.07, 6.45) is 0.877. The van der Waals surface area contributed by atoms with Gasteiger partial charge in [-0.1, -0.05) is 30.0 Å². The van der Waals surface area contributed by atoms with E-state index in [1.165, 1.54) is 0 Å². The molecule has 2 rings (SSSR count). The Balaban J connectivity index is 1.81. The smallest absolute Gasteiger partial charge is 0.239 e. The lowest BCUT2D eigenvalue weighted by Gasteiger charge is -2.09. The number of hydrogen-bond acceptors (Lipinski definition) is 2. The molecule has 1 amide bonds. The Morgan fingerprint density at radius 1 is 1.41 bits per heavy atom. The lowest BCUT2D eigenvalue weighted by Crippen LogP contribution is -2.37. The van der Waals surface area contributed by atoms with E-state index in [1.807, 2.05) is 37.4 Å². The zero-order valence-corrected chi connectivity index (χ0v) is 9.94. The summed E-state index contributed by atoms with van der Waals surface area (Å²) in [6, 6.07) is 9.80. The molecule has 1 aliphatic heterocycles. The molecule has 88 valence electrons. The maximum atomic E-state index is 11.6. The summed E-state index contributed by atoms with van der Waals surface area (Å²) in [5, 5.41) is 3.17. The Morgan fingerprint density at radius 3 is 2.82 bits per heavy atom. The summed E-state index contributed by atoms with van der Waals surface area (Å²) < 4.78 is 0. The minimum Gasteiger partial charge on any atom is -0.344 e. The van der Waals surface area contributed by atoms with Crippen LogP contribution in [0.2, 0.25) is 0 Å². The van der Waals surface area contributed by atoms with Gasteiger partial charge in [0.05, 0.1) is 12.6 Å². The molecule has 3 heteroatoms. The maximum absolute atomic E-state index is 11.6. The topological polar surface area (TPSA) is 32.3 Å². The molecule has 1 saturated heterocycles. The van der Waals surface area contributed by atoms with Gasteiger partial charge in [-0.2, -0.15) is 0 Å². The normalized spacial score (nSPS) is 19.0. The van der Waals surface area contributed by atoms with Crippen molar-refractivity contribution in [1.29, 1.82) is 0 Å². The van der Waals surface area contributed by atoms with Crippen molar-refractivity contribution in [2.75, 3.05) is 20.1 Å². The van der Waals surface area contributed by atoms with Crippen molar-refractivity contribution < 1.29 is 4.79 Å². The Kier molecular flexibility index (Phi) is 3.79. The highest BCUT2D eigenvalue weighted by molar-refractivity contribution is 5.83. The molecule has 0 bridgehead atoms. The molecule has 17 heavy (non-hydrogen) atoms. The number of likely N-dealkylation sites (tertiary alicyclic amines) is 1. The van der Waals surface area contributed by atoms with Crippen LogP contribution >= 0.6 is 0 Å². The molecular formula is C14H16N2O. The standard InChI is InChI=1S/C14H16N2O/c1-16-11-9-13(14(16)17)15-10-5-8-12-6-3-2-4-7-12/h2-4,6-7,13,15H,9-11H2,1H3. The number of carbonyl (C=O) groups excluding carboxylic acids is 1. The van der Waals surface area contributed by atoms with Crippen LogP contribution in [0.25, 0.3) is 0 Å². The third kappa shape index (κ3) is 3.08. The Bertz CT molecular complexity index is 444. The number of hydrogen-bond donors (Lipinski definition) is 1. The average Bonchev–Trinajstić information content (AvgIpc) is 2.67. The molecular weight excluding hydrogens is 212 g/mol. The quantitative estimate of drug-likeness (QED) is 0.761. The van der Waals surface area contributed by atoms with Crippen LogP contribution in [0.3, 0.4) is 0 Å². The molecule has 0 aromatic heterocycles. The number of nitrogens with one attached hydrogen (secondary N) is 1. The van der Waals surface area contributed by atoms with Crippen LogP contribution in [0.4, 0.5) is 0 Å². The van der Waals surface area contributed by atoms with Gasteiger partial charge in [-0.25, -0.2) is 0 Å². The molecule has 1 aliphatic rings. The fourth-order valence-corrected chi connectivity index (χ4v) is 1.85. The van der Waals surface area contributed by atoms with Crippen LogP contribution in [-0.4, -0.2) is 37.0 Å². The number of carbonyl (C=O) groups is 1. The van der Waals surface area contributed by atoms with E-state index in [9.17, 15) is 4.79 Å². The summed E-state index contributed by atoms with van der Waals surface area (Å²) in [4.78, 5) is 13.3. The van der Waals surface area contributed by atoms with E-state index < -0.39 is 0 Å². The fourth-order valence-electron chi connectivity index (χ4n) is 1.85. The fraction of sp³-hybridized carbons (Fsp3) is 0.357. The van der Waals surface area contributed by atoms with Gasteiger partial charge in [-0.05, 0) is 18.6 Å². The molecule has 1 aromatic carbocycles. The molecule has 3 nitrogen and oxygen atoms in total. The minimum atomic E-state index is -0.0509. The van der Waals surface area contributed by atoms with E-state index in [-0.39, 0.29) is 11.9 Å². The molecule has 1 N–H and O–H groups in total. The predicted octanol–water partition coefficient (Wildman–Crippen LogP) is 0.858. The molecule has 0 saturated carbocycles. The molecule has 0 aliphatic carbocycles. The van der Waals surface area contributed by atoms with Crippen molar-refractivity contribution >= 4 is 5.91 Å². The first-order valence-corrected chi connectivity index (χ1v) is 5.79. The monoisotopic (exact) mass is 228 g/mol.